The lowest BCUT2D eigenvalue weighted by atomic mass is 10.0. The van der Waals surface area contributed by atoms with Crippen LogP contribution >= 0.6 is 11.3 Å². The van der Waals surface area contributed by atoms with Gasteiger partial charge in [0.1, 0.15) is 0 Å². The van der Waals surface area contributed by atoms with Crippen LogP contribution in [0, 0.1) is 6.92 Å². The summed E-state index contributed by atoms with van der Waals surface area (Å²) in [4.78, 5) is 27.1. The quantitative estimate of drug-likeness (QED) is 0.854. The summed E-state index contributed by atoms with van der Waals surface area (Å²) in [5, 5.41) is 3.25. The highest BCUT2D eigenvalue weighted by molar-refractivity contribution is 7.13. The van der Waals surface area contributed by atoms with Crippen molar-refractivity contribution in [2.24, 2.45) is 5.73 Å². The number of piperidine rings is 1. The summed E-state index contributed by atoms with van der Waals surface area (Å²) in [6.07, 6.45) is 1.73. The molecule has 0 aromatic carbocycles. The Morgan fingerprint density at radius 1 is 1.42 bits per heavy atom. The molecule has 2 amide bonds. The van der Waals surface area contributed by atoms with Gasteiger partial charge in [0.25, 0.3) is 5.91 Å². The summed E-state index contributed by atoms with van der Waals surface area (Å²) in [5.41, 5.74) is 5.28. The molecule has 1 aromatic heterocycles. The minimum absolute atomic E-state index is 0.000444. The number of primary amides is 1. The van der Waals surface area contributed by atoms with Crippen molar-refractivity contribution in [1.29, 1.82) is 0 Å². The van der Waals surface area contributed by atoms with Gasteiger partial charge in [-0.3, -0.25) is 9.59 Å². The van der Waals surface area contributed by atoms with Crippen molar-refractivity contribution in [1.82, 2.24) is 10.2 Å². The predicted molar refractivity (Wildman–Crippen MR) is 75.2 cm³/mol. The van der Waals surface area contributed by atoms with Gasteiger partial charge in [-0.1, -0.05) is 0 Å². The van der Waals surface area contributed by atoms with Crippen molar-refractivity contribution in [3.05, 3.63) is 21.9 Å². The molecule has 104 valence electrons. The molecule has 6 heteroatoms. The van der Waals surface area contributed by atoms with Crippen molar-refractivity contribution < 1.29 is 9.59 Å². The van der Waals surface area contributed by atoms with Crippen LogP contribution < -0.4 is 11.1 Å². The Labute approximate surface area is 116 Å². The van der Waals surface area contributed by atoms with Crippen LogP contribution in [-0.4, -0.2) is 42.4 Å². The maximum atomic E-state index is 12.5. The van der Waals surface area contributed by atoms with Gasteiger partial charge in [-0.15, -0.1) is 11.3 Å². The van der Waals surface area contributed by atoms with Crippen molar-refractivity contribution in [3.8, 4) is 0 Å². The van der Waals surface area contributed by atoms with Gasteiger partial charge in [0.15, 0.2) is 0 Å². The van der Waals surface area contributed by atoms with Crippen molar-refractivity contribution >= 4 is 23.2 Å². The largest absolute Gasteiger partial charge is 0.368 e. The molecule has 3 N–H and O–H groups in total. The Bertz CT molecular complexity index is 466. The zero-order chi connectivity index (χ0) is 13.8. The van der Waals surface area contributed by atoms with Crippen molar-refractivity contribution in [3.63, 3.8) is 0 Å². The Balaban J connectivity index is 2.16. The number of nitrogens with zero attached hydrogens (tertiary/aromatic N) is 1. The minimum Gasteiger partial charge on any atom is -0.368 e. The van der Waals surface area contributed by atoms with E-state index in [1.165, 1.54) is 11.3 Å². The number of hydrogen-bond acceptors (Lipinski definition) is 4. The van der Waals surface area contributed by atoms with Gasteiger partial charge in [0.05, 0.1) is 11.4 Å². The topological polar surface area (TPSA) is 75.4 Å². The number of nitrogens with one attached hydrogen (secondary N) is 1. The molecule has 1 saturated heterocycles. The summed E-state index contributed by atoms with van der Waals surface area (Å²) in [7, 11) is 0. The Kier molecular flexibility index (Phi) is 4.55. The van der Waals surface area contributed by atoms with Crippen LogP contribution in [-0.2, 0) is 4.79 Å². The number of carbonyl (C=O) groups is 2. The van der Waals surface area contributed by atoms with E-state index in [1.807, 2.05) is 19.1 Å². The SMILES string of the molecule is Cc1ccc(C(=O)N(CC(N)=O)C2CCNCC2)s1. The van der Waals surface area contributed by atoms with E-state index < -0.39 is 5.91 Å². The fourth-order valence-corrected chi connectivity index (χ4v) is 3.17. The molecular weight excluding hydrogens is 262 g/mol. The van der Waals surface area contributed by atoms with E-state index in [0.717, 1.165) is 30.8 Å². The predicted octanol–water partition coefficient (Wildman–Crippen LogP) is 0.736. The Morgan fingerprint density at radius 2 is 2.11 bits per heavy atom. The smallest absolute Gasteiger partial charge is 0.264 e. The van der Waals surface area contributed by atoms with Crippen LogP contribution in [0.15, 0.2) is 12.1 Å². The third kappa shape index (κ3) is 3.54. The average Bonchev–Trinajstić information content (AvgIpc) is 2.83. The molecule has 0 spiro atoms. The summed E-state index contributed by atoms with van der Waals surface area (Å²) in [5.74, 6) is -0.538. The number of nitrogens with two attached hydrogens (primary N) is 1. The molecule has 0 atom stereocenters. The first kappa shape index (κ1) is 14.0. The molecule has 1 aromatic rings. The lowest BCUT2D eigenvalue weighted by Gasteiger charge is -2.33. The van der Waals surface area contributed by atoms with E-state index in [-0.39, 0.29) is 18.5 Å². The van der Waals surface area contributed by atoms with Crippen LogP contribution in [0.3, 0.4) is 0 Å². The molecule has 1 aliphatic rings. The van der Waals surface area contributed by atoms with E-state index in [4.69, 9.17) is 5.73 Å². The molecule has 0 unspecified atom stereocenters. The molecule has 2 heterocycles. The van der Waals surface area contributed by atoms with E-state index in [2.05, 4.69) is 5.32 Å². The van der Waals surface area contributed by atoms with Crippen molar-refractivity contribution in [2.45, 2.75) is 25.8 Å². The van der Waals surface area contributed by atoms with Gasteiger partial charge < -0.3 is 16.0 Å². The lowest BCUT2D eigenvalue weighted by Crippen LogP contribution is -2.49. The third-order valence-corrected chi connectivity index (χ3v) is 4.28. The number of hydrogen-bond donors (Lipinski definition) is 2. The molecule has 19 heavy (non-hydrogen) atoms. The summed E-state index contributed by atoms with van der Waals surface area (Å²) in [6, 6.07) is 3.84. The second kappa shape index (κ2) is 6.16. The fourth-order valence-electron chi connectivity index (χ4n) is 2.34. The molecule has 0 bridgehead atoms. The summed E-state index contributed by atoms with van der Waals surface area (Å²) >= 11 is 1.46. The number of aryl methyl sites for hydroxylation is 1. The highest BCUT2D eigenvalue weighted by Crippen LogP contribution is 2.20. The van der Waals surface area contributed by atoms with Gasteiger partial charge in [0, 0.05) is 10.9 Å². The average molecular weight is 281 g/mol. The van der Waals surface area contributed by atoms with Gasteiger partial charge in [0.2, 0.25) is 5.91 Å². The van der Waals surface area contributed by atoms with E-state index in [9.17, 15) is 9.59 Å². The normalized spacial score (nSPS) is 16.3. The van der Waals surface area contributed by atoms with Gasteiger partial charge in [-0.2, -0.15) is 0 Å². The van der Waals surface area contributed by atoms with E-state index in [0.29, 0.717) is 4.88 Å². The van der Waals surface area contributed by atoms with E-state index in [1.54, 1.807) is 4.90 Å². The van der Waals surface area contributed by atoms with Gasteiger partial charge in [-0.25, -0.2) is 0 Å². The third-order valence-electron chi connectivity index (χ3n) is 3.29. The number of rotatable bonds is 4. The van der Waals surface area contributed by atoms with Crippen LogP contribution in [0.25, 0.3) is 0 Å². The molecule has 2 rings (SSSR count). The highest BCUT2D eigenvalue weighted by Gasteiger charge is 2.28. The van der Waals surface area contributed by atoms with Gasteiger partial charge >= 0.3 is 0 Å². The second-order valence-electron chi connectivity index (χ2n) is 4.79. The summed E-state index contributed by atoms with van der Waals surface area (Å²) in [6.45, 7) is 3.71. The first-order valence-electron chi connectivity index (χ1n) is 6.44. The van der Waals surface area contributed by atoms with Crippen LogP contribution in [0.1, 0.15) is 27.4 Å². The standard InChI is InChI=1S/C13H19N3O2S/c1-9-2-3-11(19-9)13(18)16(8-12(14)17)10-4-6-15-7-5-10/h2-3,10,15H,4-8H2,1H3,(H2,14,17). The molecule has 1 fully saturated rings. The van der Waals surface area contributed by atoms with Gasteiger partial charge in [-0.05, 0) is 45.0 Å². The first-order valence-corrected chi connectivity index (χ1v) is 7.26. The van der Waals surface area contributed by atoms with Crippen LogP contribution in [0.4, 0.5) is 0 Å². The maximum Gasteiger partial charge on any atom is 0.264 e. The van der Waals surface area contributed by atoms with Crippen molar-refractivity contribution in [2.75, 3.05) is 19.6 Å². The molecule has 1 aliphatic heterocycles. The first-order chi connectivity index (χ1) is 9.08. The Morgan fingerprint density at radius 3 is 2.63 bits per heavy atom. The minimum atomic E-state index is -0.458. The zero-order valence-corrected chi connectivity index (χ0v) is 11.8. The second-order valence-corrected chi connectivity index (χ2v) is 6.08. The molecule has 0 radical (unpaired) electrons. The number of carbonyl (C=O) groups excluding carboxylic acids is 2. The van der Waals surface area contributed by atoms with Crippen LogP contribution in [0.5, 0.6) is 0 Å². The summed E-state index contributed by atoms with van der Waals surface area (Å²) < 4.78 is 0. The highest BCUT2D eigenvalue weighted by atomic mass is 32.1. The molecule has 5 nitrogen and oxygen atoms in total. The fraction of sp³-hybridized carbons (Fsp3) is 0.538. The lowest BCUT2D eigenvalue weighted by molar-refractivity contribution is -0.119. The van der Waals surface area contributed by atoms with Crippen LogP contribution in [0.2, 0.25) is 0 Å². The van der Waals surface area contributed by atoms with E-state index >= 15 is 0 Å². The molecular formula is C13H19N3O2S. The Hall–Kier alpha value is -1.40. The molecule has 0 aliphatic carbocycles. The number of thiophene rings is 1. The number of amides is 2. The maximum absolute atomic E-state index is 12.5. The zero-order valence-electron chi connectivity index (χ0n) is 11.0. The molecule has 0 saturated carbocycles. The monoisotopic (exact) mass is 281 g/mol.